The highest BCUT2D eigenvalue weighted by Crippen LogP contribution is 2.30. The summed E-state index contributed by atoms with van der Waals surface area (Å²) in [5.41, 5.74) is 0. The van der Waals surface area contributed by atoms with Crippen molar-refractivity contribution in [2.75, 3.05) is 19.8 Å². The van der Waals surface area contributed by atoms with Gasteiger partial charge in [-0.05, 0) is 89.9 Å². The van der Waals surface area contributed by atoms with Crippen molar-refractivity contribution < 1.29 is 64.6 Å². The lowest BCUT2D eigenvalue weighted by Gasteiger charge is -2.46. The molecule has 2 saturated heterocycles. The van der Waals surface area contributed by atoms with Crippen LogP contribution in [0.25, 0.3) is 0 Å². The van der Waals surface area contributed by atoms with E-state index in [9.17, 15) is 45.6 Å². The predicted molar refractivity (Wildman–Crippen MR) is 318 cm³/mol. The molecule has 14 heteroatoms. The van der Waals surface area contributed by atoms with Gasteiger partial charge in [-0.1, -0.05) is 213 Å². The topological polar surface area (TPSA) is 228 Å². The van der Waals surface area contributed by atoms with Crippen molar-refractivity contribution in [2.45, 2.75) is 274 Å². The minimum atomic E-state index is -1.80. The van der Waals surface area contributed by atoms with E-state index in [-0.39, 0.29) is 18.9 Å². The quantitative estimate of drug-likeness (QED) is 0.0204. The van der Waals surface area contributed by atoms with E-state index in [1.54, 1.807) is 6.08 Å². The number of aliphatic hydroxyl groups is 8. The second kappa shape index (κ2) is 49.3. The lowest BCUT2D eigenvalue weighted by Crippen LogP contribution is -2.65. The number of amides is 1. The van der Waals surface area contributed by atoms with Gasteiger partial charge in [-0.2, -0.15) is 0 Å². The third-order valence-corrected chi connectivity index (χ3v) is 14.2. The molecule has 2 heterocycles. The van der Waals surface area contributed by atoms with Crippen molar-refractivity contribution in [3.8, 4) is 0 Å². The highest BCUT2D eigenvalue weighted by molar-refractivity contribution is 5.76. The molecule has 0 aliphatic carbocycles. The summed E-state index contributed by atoms with van der Waals surface area (Å²) < 4.78 is 22.7. The largest absolute Gasteiger partial charge is 0.394 e. The van der Waals surface area contributed by atoms with Crippen LogP contribution < -0.4 is 5.32 Å². The highest BCUT2D eigenvalue weighted by atomic mass is 16.7. The van der Waals surface area contributed by atoms with Crippen LogP contribution in [0.15, 0.2) is 109 Å². The minimum absolute atomic E-state index is 0.260. The average molecular weight is 1110 g/mol. The van der Waals surface area contributed by atoms with Gasteiger partial charge < -0.3 is 65.1 Å². The Bertz CT molecular complexity index is 1740. The van der Waals surface area contributed by atoms with Crippen molar-refractivity contribution in [1.82, 2.24) is 5.32 Å². The number of nitrogens with one attached hydrogen (secondary N) is 1. The van der Waals surface area contributed by atoms with Gasteiger partial charge in [0.05, 0.1) is 32.0 Å². The first-order chi connectivity index (χ1) is 38.6. The molecule has 12 atom stereocenters. The van der Waals surface area contributed by atoms with Crippen LogP contribution in [0.5, 0.6) is 0 Å². The van der Waals surface area contributed by atoms with Crippen LogP contribution in [0.4, 0.5) is 0 Å². The van der Waals surface area contributed by atoms with Gasteiger partial charge in [0.25, 0.3) is 0 Å². The molecule has 0 bridgehead atoms. The van der Waals surface area contributed by atoms with Crippen molar-refractivity contribution in [3.63, 3.8) is 0 Å². The average Bonchev–Trinajstić information content (AvgIpc) is 3.47. The third-order valence-electron chi connectivity index (χ3n) is 14.2. The van der Waals surface area contributed by atoms with Crippen LogP contribution in [0.2, 0.25) is 0 Å². The van der Waals surface area contributed by atoms with Crippen LogP contribution in [0, 0.1) is 0 Å². The van der Waals surface area contributed by atoms with E-state index in [0.29, 0.717) is 12.8 Å². The molecular weight excluding hydrogens is 1000 g/mol. The molecule has 2 aliphatic rings. The van der Waals surface area contributed by atoms with Gasteiger partial charge in [0.2, 0.25) is 5.91 Å². The van der Waals surface area contributed by atoms with Crippen LogP contribution >= 0.6 is 0 Å². The van der Waals surface area contributed by atoms with Crippen molar-refractivity contribution >= 4 is 5.91 Å². The van der Waals surface area contributed by atoms with Crippen molar-refractivity contribution in [2.24, 2.45) is 0 Å². The van der Waals surface area contributed by atoms with E-state index >= 15 is 0 Å². The third kappa shape index (κ3) is 34.6. The molecule has 452 valence electrons. The Morgan fingerprint density at radius 2 is 0.848 bits per heavy atom. The summed E-state index contributed by atoms with van der Waals surface area (Å²) in [5.74, 6) is -0.260. The fourth-order valence-electron chi connectivity index (χ4n) is 9.33. The second-order valence-electron chi connectivity index (χ2n) is 21.0. The first-order valence-corrected chi connectivity index (χ1v) is 30.6. The van der Waals surface area contributed by atoms with Crippen molar-refractivity contribution in [3.05, 3.63) is 109 Å². The smallest absolute Gasteiger partial charge is 0.220 e. The van der Waals surface area contributed by atoms with E-state index < -0.39 is 86.8 Å². The highest BCUT2D eigenvalue weighted by Gasteiger charge is 2.51. The Morgan fingerprint density at radius 3 is 1.34 bits per heavy atom. The van der Waals surface area contributed by atoms with Gasteiger partial charge in [0.1, 0.15) is 48.8 Å². The predicted octanol–water partition coefficient (Wildman–Crippen LogP) is 10.8. The first kappa shape index (κ1) is 71.8. The molecule has 1 amide bonds. The van der Waals surface area contributed by atoms with Gasteiger partial charge in [0, 0.05) is 6.42 Å². The summed E-state index contributed by atoms with van der Waals surface area (Å²) in [4.78, 5) is 13.2. The van der Waals surface area contributed by atoms with E-state index in [2.05, 4.69) is 116 Å². The summed E-state index contributed by atoms with van der Waals surface area (Å²) in [6.45, 7) is 2.51. The van der Waals surface area contributed by atoms with Gasteiger partial charge in [-0.3, -0.25) is 4.79 Å². The molecular formula is C65H109NO13. The summed E-state index contributed by atoms with van der Waals surface area (Å²) in [6, 6.07) is -0.941. The SMILES string of the molecule is CC/C=C\C/C=C\C/C=C\C/C=C\C/C=C\C/C=C\CCCCCCCCCCCCCCCCCCC(=O)NC(COC1OC(CO)C(OC2OC(CO)C(O)C(O)C2O)C(O)C1O)C(O)/C=C/CC/C=C/CC/C=C/CC. The van der Waals surface area contributed by atoms with Crippen LogP contribution in [0.3, 0.4) is 0 Å². The van der Waals surface area contributed by atoms with Gasteiger partial charge in [-0.15, -0.1) is 0 Å². The Labute approximate surface area is 476 Å². The number of hydrogen-bond donors (Lipinski definition) is 9. The van der Waals surface area contributed by atoms with Crippen LogP contribution in [-0.2, 0) is 23.7 Å². The zero-order chi connectivity index (χ0) is 57.4. The number of rotatable bonds is 47. The monoisotopic (exact) mass is 1110 g/mol. The summed E-state index contributed by atoms with van der Waals surface area (Å²) in [6.07, 6.45) is 53.1. The van der Waals surface area contributed by atoms with Crippen LogP contribution in [0.1, 0.15) is 200 Å². The molecule has 2 rings (SSSR count). The summed E-state index contributed by atoms with van der Waals surface area (Å²) in [7, 11) is 0. The first-order valence-electron chi connectivity index (χ1n) is 30.6. The maximum absolute atomic E-state index is 13.2. The maximum atomic E-state index is 13.2. The second-order valence-corrected chi connectivity index (χ2v) is 21.0. The molecule has 2 aliphatic heterocycles. The number of ether oxygens (including phenoxy) is 4. The normalized spacial score (nSPS) is 25.2. The molecule has 0 radical (unpaired) electrons. The number of carbonyl (C=O) groups excluding carboxylic acids is 1. The molecule has 0 aromatic heterocycles. The number of unbranched alkanes of at least 4 members (excludes halogenated alkanes) is 18. The van der Waals surface area contributed by atoms with E-state index in [1.165, 1.54) is 83.5 Å². The number of aliphatic hydroxyl groups excluding tert-OH is 8. The number of hydrogen-bond acceptors (Lipinski definition) is 13. The van der Waals surface area contributed by atoms with Gasteiger partial charge in [0.15, 0.2) is 12.6 Å². The zero-order valence-corrected chi connectivity index (χ0v) is 48.6. The summed E-state index contributed by atoms with van der Waals surface area (Å²) >= 11 is 0. The maximum Gasteiger partial charge on any atom is 0.220 e. The Kier molecular flexibility index (Phi) is 44.8. The molecule has 14 nitrogen and oxygen atoms in total. The molecule has 79 heavy (non-hydrogen) atoms. The van der Waals surface area contributed by atoms with Crippen LogP contribution in [-0.4, -0.2) is 140 Å². The molecule has 0 aromatic rings. The summed E-state index contributed by atoms with van der Waals surface area (Å²) in [5, 5.41) is 86.8. The molecule has 9 N–H and O–H groups in total. The standard InChI is InChI=1S/C65H109NO13/c1-3-5-7-9-11-13-15-16-17-18-19-20-21-22-23-24-25-26-27-28-29-30-31-32-33-34-35-36-37-38-39-41-43-45-47-49-57(70)66-53(54(69)48-46-44-42-40-14-12-10-8-6-4-2)52-76-64-62(75)60(73)63(56(51-68)78-64)79-65-61(74)59(72)58(71)55(50-67)77-65/h5-8,11,13-14,16-17,19-20,22-23,25-26,40,46,48,53-56,58-65,67-69,71-75H,3-4,9-10,12,15,18,21,24,27-39,41-45,47,49-52H2,1-2H3,(H,66,70)/b7-5-,8-6+,13-11-,17-16-,20-19-,23-22-,26-25-,40-14+,48-46+. The molecule has 2 fully saturated rings. The lowest BCUT2D eigenvalue weighted by atomic mass is 9.97. The Morgan fingerprint density at radius 1 is 0.456 bits per heavy atom. The molecule has 0 saturated carbocycles. The van der Waals surface area contributed by atoms with E-state index in [0.717, 1.165) is 83.5 Å². The van der Waals surface area contributed by atoms with Crippen molar-refractivity contribution in [1.29, 1.82) is 0 Å². The molecule has 0 spiro atoms. The van der Waals surface area contributed by atoms with E-state index in [4.69, 9.17) is 18.9 Å². The molecule has 12 unspecified atom stereocenters. The zero-order valence-electron chi connectivity index (χ0n) is 48.6. The Balaban J connectivity index is 1.61. The van der Waals surface area contributed by atoms with E-state index in [1.807, 2.05) is 6.08 Å². The number of allylic oxidation sites excluding steroid dienone is 17. The number of carbonyl (C=O) groups is 1. The van der Waals surface area contributed by atoms with Gasteiger partial charge >= 0.3 is 0 Å². The fourth-order valence-corrected chi connectivity index (χ4v) is 9.33. The lowest BCUT2D eigenvalue weighted by molar-refractivity contribution is -0.359. The fraction of sp³-hybridized carbons (Fsp3) is 0.708. The minimum Gasteiger partial charge on any atom is -0.394 e. The Hall–Kier alpha value is -3.35. The van der Waals surface area contributed by atoms with Gasteiger partial charge in [-0.25, -0.2) is 0 Å². The molecule has 0 aromatic carbocycles.